The van der Waals surface area contributed by atoms with Gasteiger partial charge in [-0.25, -0.2) is 0 Å². The molecule has 0 fully saturated rings. The Morgan fingerprint density at radius 2 is 1.69 bits per heavy atom. The fourth-order valence-electron chi connectivity index (χ4n) is 2.87. The Bertz CT molecular complexity index is 982. The summed E-state index contributed by atoms with van der Waals surface area (Å²) in [4.78, 5) is 17.0. The molecule has 3 rings (SSSR count). The standard InChI is InChI=1S/C24H26N2O3/c1-5-18-12-15-21(17(4)25-18)24(27)26-19-10-13-20(14-11-19)29-23-9-7-6-8-22(23)28-16(2)3/h6-16H,5H2,1-4H3,(H,26,27). The molecule has 0 aliphatic heterocycles. The van der Waals surface area contributed by atoms with Crippen LogP contribution in [-0.4, -0.2) is 17.0 Å². The summed E-state index contributed by atoms with van der Waals surface area (Å²) in [6, 6.07) is 18.5. The van der Waals surface area contributed by atoms with Crippen molar-refractivity contribution in [2.24, 2.45) is 0 Å². The zero-order valence-corrected chi connectivity index (χ0v) is 17.2. The van der Waals surface area contributed by atoms with Crippen molar-refractivity contribution in [3.8, 4) is 17.2 Å². The predicted octanol–water partition coefficient (Wildman–Crippen LogP) is 5.78. The highest BCUT2D eigenvalue weighted by Crippen LogP contribution is 2.32. The summed E-state index contributed by atoms with van der Waals surface area (Å²) in [7, 11) is 0. The lowest BCUT2D eigenvalue weighted by molar-refractivity contribution is 0.102. The van der Waals surface area contributed by atoms with E-state index in [2.05, 4.69) is 10.3 Å². The van der Waals surface area contributed by atoms with Gasteiger partial charge in [0.05, 0.1) is 17.4 Å². The van der Waals surface area contributed by atoms with Gasteiger partial charge in [-0.3, -0.25) is 9.78 Å². The van der Waals surface area contributed by atoms with Crippen molar-refractivity contribution in [3.05, 3.63) is 77.6 Å². The number of ether oxygens (including phenoxy) is 2. The van der Waals surface area contributed by atoms with Crippen LogP contribution < -0.4 is 14.8 Å². The number of carbonyl (C=O) groups is 1. The molecule has 1 heterocycles. The van der Waals surface area contributed by atoms with E-state index in [9.17, 15) is 4.79 Å². The minimum absolute atomic E-state index is 0.0571. The van der Waals surface area contributed by atoms with Crippen LogP contribution in [0.15, 0.2) is 60.7 Å². The lowest BCUT2D eigenvalue weighted by Gasteiger charge is -2.15. The van der Waals surface area contributed by atoms with Gasteiger partial charge in [0.15, 0.2) is 11.5 Å². The quantitative estimate of drug-likeness (QED) is 0.555. The topological polar surface area (TPSA) is 60.5 Å². The van der Waals surface area contributed by atoms with Crippen LogP contribution in [0.3, 0.4) is 0 Å². The van der Waals surface area contributed by atoms with Crippen LogP contribution in [0, 0.1) is 6.92 Å². The lowest BCUT2D eigenvalue weighted by Crippen LogP contribution is -2.14. The molecule has 0 radical (unpaired) electrons. The van der Waals surface area contributed by atoms with Crippen molar-refractivity contribution in [1.29, 1.82) is 0 Å². The van der Waals surface area contributed by atoms with Gasteiger partial charge in [-0.1, -0.05) is 19.1 Å². The Hall–Kier alpha value is -3.34. The van der Waals surface area contributed by atoms with Gasteiger partial charge in [-0.2, -0.15) is 0 Å². The van der Waals surface area contributed by atoms with Crippen molar-refractivity contribution in [3.63, 3.8) is 0 Å². The smallest absolute Gasteiger partial charge is 0.257 e. The van der Waals surface area contributed by atoms with E-state index < -0.39 is 0 Å². The molecule has 0 saturated carbocycles. The molecule has 29 heavy (non-hydrogen) atoms. The number of anilines is 1. The molecule has 0 atom stereocenters. The summed E-state index contributed by atoms with van der Waals surface area (Å²) in [5.74, 6) is 1.82. The summed E-state index contributed by atoms with van der Waals surface area (Å²) in [6.07, 6.45) is 0.900. The van der Waals surface area contributed by atoms with Crippen LogP contribution in [0.25, 0.3) is 0 Å². The molecule has 0 saturated heterocycles. The van der Waals surface area contributed by atoms with Crippen molar-refractivity contribution in [1.82, 2.24) is 4.98 Å². The molecule has 0 bridgehead atoms. The monoisotopic (exact) mass is 390 g/mol. The number of amides is 1. The van der Waals surface area contributed by atoms with E-state index in [0.717, 1.165) is 17.8 Å². The average Bonchev–Trinajstić information content (AvgIpc) is 2.70. The van der Waals surface area contributed by atoms with Gasteiger partial charge < -0.3 is 14.8 Å². The lowest BCUT2D eigenvalue weighted by atomic mass is 10.1. The van der Waals surface area contributed by atoms with Crippen LogP contribution in [0.2, 0.25) is 0 Å². The van der Waals surface area contributed by atoms with Gasteiger partial charge in [0.2, 0.25) is 0 Å². The molecule has 3 aromatic rings. The van der Waals surface area contributed by atoms with Crippen LogP contribution in [0.4, 0.5) is 5.69 Å². The first-order valence-electron chi connectivity index (χ1n) is 9.77. The SMILES string of the molecule is CCc1ccc(C(=O)Nc2ccc(Oc3ccccc3OC(C)C)cc2)c(C)n1. The largest absolute Gasteiger partial charge is 0.487 e. The van der Waals surface area contributed by atoms with E-state index in [0.29, 0.717) is 28.5 Å². The number of rotatable bonds is 7. The van der Waals surface area contributed by atoms with Gasteiger partial charge in [-0.15, -0.1) is 0 Å². The number of nitrogens with one attached hydrogen (secondary N) is 1. The molecule has 2 aromatic carbocycles. The molecule has 1 aromatic heterocycles. The highest BCUT2D eigenvalue weighted by molar-refractivity contribution is 6.05. The second-order valence-corrected chi connectivity index (χ2v) is 6.98. The molecule has 5 nitrogen and oxygen atoms in total. The Kier molecular flexibility index (Phi) is 6.50. The first-order chi connectivity index (χ1) is 14.0. The van der Waals surface area contributed by atoms with E-state index in [1.165, 1.54) is 0 Å². The van der Waals surface area contributed by atoms with Crippen molar-refractivity contribution in [2.75, 3.05) is 5.32 Å². The summed E-state index contributed by atoms with van der Waals surface area (Å²) >= 11 is 0. The highest BCUT2D eigenvalue weighted by atomic mass is 16.5. The average molecular weight is 390 g/mol. The number of nitrogens with zero attached hydrogens (tertiary/aromatic N) is 1. The van der Waals surface area contributed by atoms with Crippen molar-refractivity contribution >= 4 is 11.6 Å². The van der Waals surface area contributed by atoms with E-state index >= 15 is 0 Å². The molecule has 150 valence electrons. The van der Waals surface area contributed by atoms with Gasteiger partial charge in [0, 0.05) is 11.4 Å². The summed E-state index contributed by atoms with van der Waals surface area (Å²) in [5.41, 5.74) is 2.96. The Balaban J connectivity index is 1.69. The second kappa shape index (κ2) is 9.24. The van der Waals surface area contributed by atoms with Crippen molar-refractivity contribution < 1.29 is 14.3 Å². The van der Waals surface area contributed by atoms with E-state index in [4.69, 9.17) is 9.47 Å². The zero-order valence-electron chi connectivity index (χ0n) is 17.2. The minimum atomic E-state index is -0.179. The maximum atomic E-state index is 12.6. The van der Waals surface area contributed by atoms with Crippen LogP contribution >= 0.6 is 0 Å². The zero-order chi connectivity index (χ0) is 20.8. The van der Waals surface area contributed by atoms with Crippen LogP contribution in [0.5, 0.6) is 17.2 Å². The fourth-order valence-corrected chi connectivity index (χ4v) is 2.87. The maximum Gasteiger partial charge on any atom is 0.257 e. The third-order valence-electron chi connectivity index (χ3n) is 4.30. The Labute approximate surface area is 171 Å². The highest BCUT2D eigenvalue weighted by Gasteiger charge is 2.12. The number of pyridine rings is 1. The Morgan fingerprint density at radius 1 is 1.00 bits per heavy atom. The molecule has 0 aliphatic rings. The number of para-hydroxylation sites is 2. The number of hydrogen-bond donors (Lipinski definition) is 1. The number of carbonyl (C=O) groups excluding carboxylic acids is 1. The fraction of sp³-hybridized carbons (Fsp3) is 0.250. The third-order valence-corrected chi connectivity index (χ3v) is 4.30. The van der Waals surface area contributed by atoms with Crippen molar-refractivity contribution in [2.45, 2.75) is 40.2 Å². The van der Waals surface area contributed by atoms with Gasteiger partial charge >= 0.3 is 0 Å². The van der Waals surface area contributed by atoms with Gasteiger partial charge in [0.25, 0.3) is 5.91 Å². The van der Waals surface area contributed by atoms with Gasteiger partial charge in [-0.05, 0) is 75.7 Å². The third kappa shape index (κ3) is 5.35. The summed E-state index contributed by atoms with van der Waals surface area (Å²) in [5, 5.41) is 2.91. The van der Waals surface area contributed by atoms with Crippen LogP contribution in [0.1, 0.15) is 42.5 Å². The molecule has 0 spiro atoms. The molecule has 0 aliphatic carbocycles. The van der Waals surface area contributed by atoms with E-state index in [1.54, 1.807) is 0 Å². The molecule has 0 unspecified atom stereocenters. The molecular formula is C24H26N2O3. The summed E-state index contributed by atoms with van der Waals surface area (Å²) in [6.45, 7) is 7.84. The molecule has 1 amide bonds. The summed E-state index contributed by atoms with van der Waals surface area (Å²) < 4.78 is 11.7. The molecule has 1 N–H and O–H groups in total. The number of hydrogen-bond acceptors (Lipinski definition) is 4. The maximum absolute atomic E-state index is 12.6. The first kappa shape index (κ1) is 20.4. The van der Waals surface area contributed by atoms with E-state index in [1.807, 2.05) is 88.4 Å². The first-order valence-corrected chi connectivity index (χ1v) is 9.77. The molecule has 5 heteroatoms. The second-order valence-electron chi connectivity index (χ2n) is 6.98. The number of benzene rings is 2. The minimum Gasteiger partial charge on any atom is -0.487 e. The molecular weight excluding hydrogens is 364 g/mol. The van der Waals surface area contributed by atoms with Crippen LogP contribution in [-0.2, 0) is 6.42 Å². The number of aromatic nitrogens is 1. The van der Waals surface area contributed by atoms with E-state index in [-0.39, 0.29) is 12.0 Å². The van der Waals surface area contributed by atoms with Gasteiger partial charge in [0.1, 0.15) is 5.75 Å². The number of aryl methyl sites for hydroxylation is 2. The normalized spacial score (nSPS) is 10.7. The predicted molar refractivity (Wildman–Crippen MR) is 115 cm³/mol. The Morgan fingerprint density at radius 3 is 2.31 bits per heavy atom.